The maximum Gasteiger partial charge on any atom is 0.363 e. The van der Waals surface area contributed by atoms with Crippen molar-refractivity contribution in [1.82, 2.24) is 9.37 Å². The van der Waals surface area contributed by atoms with Gasteiger partial charge in [0, 0.05) is 13.1 Å². The largest absolute Gasteiger partial charge is 0.363 e. The molecular formula is C19H15ClN2O6S. The first kappa shape index (κ1) is 19.6. The zero-order valence-electron chi connectivity index (χ0n) is 15.0. The van der Waals surface area contributed by atoms with Crippen molar-refractivity contribution in [2.45, 2.75) is 17.7 Å². The molecule has 29 heavy (non-hydrogen) atoms. The molecule has 0 spiro atoms. The van der Waals surface area contributed by atoms with Gasteiger partial charge in [0.1, 0.15) is 4.90 Å². The summed E-state index contributed by atoms with van der Waals surface area (Å²) in [7, 11) is -3.87. The summed E-state index contributed by atoms with van der Waals surface area (Å²) in [5.74, 6) is -2.58. The maximum atomic E-state index is 12.8. The van der Waals surface area contributed by atoms with Gasteiger partial charge >= 0.3 is 5.97 Å². The van der Waals surface area contributed by atoms with Crippen molar-refractivity contribution in [3.8, 4) is 0 Å². The number of nitrogens with zero attached hydrogens (tertiary/aromatic N) is 2. The Morgan fingerprint density at radius 3 is 2.14 bits per heavy atom. The molecule has 10 heteroatoms. The number of sulfonamides is 1. The highest BCUT2D eigenvalue weighted by molar-refractivity contribution is 7.89. The number of rotatable bonds is 4. The van der Waals surface area contributed by atoms with Crippen LogP contribution < -0.4 is 0 Å². The van der Waals surface area contributed by atoms with E-state index >= 15 is 0 Å². The standard InChI is InChI=1S/C19H15ClN2O6S/c20-15-8-7-12(11-16(15)29(26,27)21-9-3-4-10-21)19(25)28-22-17(23)13-5-1-2-6-14(13)18(22)24/h1-2,5-8,11H,3-4,9-10H2. The Hall–Kier alpha value is -2.75. The van der Waals surface area contributed by atoms with Gasteiger partial charge in [0.25, 0.3) is 11.8 Å². The van der Waals surface area contributed by atoms with E-state index in [0.29, 0.717) is 18.2 Å². The molecule has 1 saturated heterocycles. The highest BCUT2D eigenvalue weighted by atomic mass is 35.5. The van der Waals surface area contributed by atoms with Crippen molar-refractivity contribution in [3.63, 3.8) is 0 Å². The van der Waals surface area contributed by atoms with Crippen LogP contribution in [-0.2, 0) is 14.9 Å². The first-order valence-electron chi connectivity index (χ1n) is 8.80. The summed E-state index contributed by atoms with van der Waals surface area (Å²) >= 11 is 6.06. The topological polar surface area (TPSA) is 101 Å². The minimum Gasteiger partial charge on any atom is -0.324 e. The highest BCUT2D eigenvalue weighted by Gasteiger charge is 2.39. The number of halogens is 1. The van der Waals surface area contributed by atoms with Crippen LogP contribution in [0, 0.1) is 0 Å². The minimum atomic E-state index is -3.87. The third-order valence-corrected chi connectivity index (χ3v) is 7.16. The van der Waals surface area contributed by atoms with Gasteiger partial charge in [0.05, 0.1) is 21.7 Å². The van der Waals surface area contributed by atoms with Crippen molar-refractivity contribution in [2.75, 3.05) is 13.1 Å². The number of hydrogen-bond acceptors (Lipinski definition) is 6. The fourth-order valence-corrected chi connectivity index (χ4v) is 5.30. The lowest BCUT2D eigenvalue weighted by atomic mass is 10.1. The quantitative estimate of drug-likeness (QED) is 0.685. The molecule has 0 aromatic heterocycles. The molecule has 0 bridgehead atoms. The molecule has 0 aliphatic carbocycles. The number of hydrogen-bond donors (Lipinski definition) is 0. The van der Waals surface area contributed by atoms with Crippen LogP contribution in [0.2, 0.25) is 5.02 Å². The maximum absolute atomic E-state index is 12.8. The molecule has 0 saturated carbocycles. The van der Waals surface area contributed by atoms with Crippen LogP contribution in [-0.4, -0.2) is 48.7 Å². The third-order valence-electron chi connectivity index (χ3n) is 4.78. The average molecular weight is 435 g/mol. The Kier molecular flexibility index (Phi) is 4.89. The van der Waals surface area contributed by atoms with Gasteiger partial charge < -0.3 is 4.84 Å². The summed E-state index contributed by atoms with van der Waals surface area (Å²) in [6.07, 6.45) is 1.50. The lowest BCUT2D eigenvalue weighted by molar-refractivity contribution is -0.0584. The number of carbonyl (C=O) groups excluding carboxylic acids is 3. The number of amides is 2. The second-order valence-corrected chi connectivity index (χ2v) is 8.90. The molecule has 4 rings (SSSR count). The van der Waals surface area contributed by atoms with Gasteiger partial charge in [-0.1, -0.05) is 28.8 Å². The van der Waals surface area contributed by atoms with Gasteiger partial charge in [-0.05, 0) is 43.2 Å². The number of fused-ring (bicyclic) bond motifs is 1. The zero-order chi connectivity index (χ0) is 20.8. The second-order valence-electron chi connectivity index (χ2n) is 6.59. The molecule has 2 amide bonds. The van der Waals surface area contributed by atoms with Crippen molar-refractivity contribution >= 4 is 39.4 Å². The van der Waals surface area contributed by atoms with Crippen LogP contribution in [0.3, 0.4) is 0 Å². The number of hydroxylamine groups is 2. The molecule has 2 aliphatic rings. The molecule has 2 aliphatic heterocycles. The Bertz CT molecular complexity index is 1110. The molecule has 2 aromatic rings. The molecule has 0 N–H and O–H groups in total. The van der Waals surface area contributed by atoms with Gasteiger partial charge in [-0.3, -0.25) is 9.59 Å². The monoisotopic (exact) mass is 434 g/mol. The Balaban J connectivity index is 1.61. The van der Waals surface area contributed by atoms with Crippen LogP contribution in [0.25, 0.3) is 0 Å². The van der Waals surface area contributed by atoms with E-state index in [1.165, 1.54) is 28.6 Å². The summed E-state index contributed by atoms with van der Waals surface area (Å²) < 4.78 is 26.9. The van der Waals surface area contributed by atoms with Gasteiger partial charge in [-0.2, -0.15) is 4.31 Å². The van der Waals surface area contributed by atoms with E-state index in [9.17, 15) is 22.8 Å². The van der Waals surface area contributed by atoms with Crippen LogP contribution in [0.1, 0.15) is 43.9 Å². The second kappa shape index (κ2) is 7.25. The molecule has 0 radical (unpaired) electrons. The predicted octanol–water partition coefficient (Wildman–Crippen LogP) is 2.49. The first-order chi connectivity index (χ1) is 13.8. The normalized spacial score (nSPS) is 16.9. The summed E-state index contributed by atoms with van der Waals surface area (Å²) in [6, 6.07) is 9.71. The molecule has 2 heterocycles. The summed E-state index contributed by atoms with van der Waals surface area (Å²) in [6.45, 7) is 0.755. The molecule has 2 aromatic carbocycles. The number of carbonyl (C=O) groups is 3. The fourth-order valence-electron chi connectivity index (χ4n) is 3.28. The van der Waals surface area contributed by atoms with E-state index in [4.69, 9.17) is 16.4 Å². The van der Waals surface area contributed by atoms with Crippen LogP contribution >= 0.6 is 11.6 Å². The molecular weight excluding hydrogens is 420 g/mol. The van der Waals surface area contributed by atoms with E-state index in [1.807, 2.05) is 0 Å². The summed E-state index contributed by atoms with van der Waals surface area (Å²) in [5.41, 5.74) is 0.0983. The SMILES string of the molecule is O=C(ON1C(=O)c2ccccc2C1=O)c1ccc(Cl)c(S(=O)(=O)N2CCCC2)c1. The Morgan fingerprint density at radius 1 is 0.966 bits per heavy atom. The molecule has 1 fully saturated rings. The number of benzene rings is 2. The lowest BCUT2D eigenvalue weighted by Crippen LogP contribution is -2.33. The molecule has 0 unspecified atom stereocenters. The molecule has 0 atom stereocenters. The van der Waals surface area contributed by atoms with E-state index in [0.717, 1.165) is 18.9 Å². The summed E-state index contributed by atoms with van der Waals surface area (Å²) in [5, 5.41) is 0.338. The molecule has 150 valence electrons. The minimum absolute atomic E-state index is 0.0332. The van der Waals surface area contributed by atoms with Crippen molar-refractivity contribution < 1.29 is 27.6 Å². The Morgan fingerprint density at radius 2 is 1.55 bits per heavy atom. The van der Waals surface area contributed by atoms with Crippen LogP contribution in [0.5, 0.6) is 0 Å². The Labute approximate surface area is 171 Å². The van der Waals surface area contributed by atoms with Gasteiger partial charge in [0.15, 0.2) is 0 Å². The van der Waals surface area contributed by atoms with Crippen LogP contribution in [0.15, 0.2) is 47.4 Å². The van der Waals surface area contributed by atoms with Gasteiger partial charge in [0.2, 0.25) is 10.0 Å². The molecule has 8 nitrogen and oxygen atoms in total. The third kappa shape index (κ3) is 3.31. The van der Waals surface area contributed by atoms with E-state index in [2.05, 4.69) is 0 Å². The predicted molar refractivity (Wildman–Crippen MR) is 102 cm³/mol. The van der Waals surface area contributed by atoms with E-state index in [1.54, 1.807) is 12.1 Å². The average Bonchev–Trinajstić information content (AvgIpc) is 3.33. The van der Waals surface area contributed by atoms with Crippen molar-refractivity contribution in [2.24, 2.45) is 0 Å². The highest BCUT2D eigenvalue weighted by Crippen LogP contribution is 2.29. The van der Waals surface area contributed by atoms with E-state index < -0.39 is 27.8 Å². The number of imide groups is 1. The smallest absolute Gasteiger partial charge is 0.324 e. The van der Waals surface area contributed by atoms with E-state index in [-0.39, 0.29) is 26.6 Å². The first-order valence-corrected chi connectivity index (χ1v) is 10.6. The summed E-state index contributed by atoms with van der Waals surface area (Å²) in [4.78, 5) is 42.0. The fraction of sp³-hybridized carbons (Fsp3) is 0.211. The lowest BCUT2D eigenvalue weighted by Gasteiger charge is -2.17. The zero-order valence-corrected chi connectivity index (χ0v) is 16.6. The van der Waals surface area contributed by atoms with Crippen molar-refractivity contribution in [1.29, 1.82) is 0 Å². The van der Waals surface area contributed by atoms with Gasteiger partial charge in [-0.15, -0.1) is 0 Å². The van der Waals surface area contributed by atoms with Gasteiger partial charge in [-0.25, -0.2) is 13.2 Å². The van der Waals surface area contributed by atoms with Crippen LogP contribution in [0.4, 0.5) is 0 Å². The van der Waals surface area contributed by atoms with Crippen molar-refractivity contribution in [3.05, 3.63) is 64.2 Å².